The predicted octanol–water partition coefficient (Wildman–Crippen LogP) is 2.01. The number of hydrogen-bond donors (Lipinski definition) is 1. The van der Waals surface area contributed by atoms with Crippen LogP contribution in [0.1, 0.15) is 39.0 Å². The molecule has 0 bridgehead atoms. The van der Waals surface area contributed by atoms with Gasteiger partial charge in [-0.3, -0.25) is 4.79 Å². The lowest BCUT2D eigenvalue weighted by Gasteiger charge is -2.18. The molecule has 0 spiro atoms. The summed E-state index contributed by atoms with van der Waals surface area (Å²) in [6.07, 6.45) is 10.3. The second kappa shape index (κ2) is 6.62. The van der Waals surface area contributed by atoms with Gasteiger partial charge in [-0.25, -0.2) is 0 Å². The van der Waals surface area contributed by atoms with Gasteiger partial charge in [0.1, 0.15) is 6.04 Å². The molecule has 0 aromatic heterocycles. The molecule has 1 fully saturated rings. The molecule has 0 aliphatic heterocycles. The van der Waals surface area contributed by atoms with Gasteiger partial charge in [0, 0.05) is 0 Å². The summed E-state index contributed by atoms with van der Waals surface area (Å²) < 4.78 is 4.83. The van der Waals surface area contributed by atoms with Crippen LogP contribution >= 0.6 is 0 Å². The van der Waals surface area contributed by atoms with Gasteiger partial charge in [-0.15, -0.1) is 0 Å². The van der Waals surface area contributed by atoms with Crippen molar-refractivity contribution in [3.63, 3.8) is 0 Å². The highest BCUT2D eigenvalue weighted by Crippen LogP contribution is 2.24. The minimum absolute atomic E-state index is 0.329. The maximum absolute atomic E-state index is 11.2. The van der Waals surface area contributed by atoms with E-state index in [1.165, 1.54) is 32.1 Å². The zero-order valence-electron chi connectivity index (χ0n) is 9.45. The van der Waals surface area contributed by atoms with Crippen molar-refractivity contribution in [2.24, 2.45) is 11.7 Å². The van der Waals surface area contributed by atoms with Crippen LogP contribution in [0.5, 0.6) is 0 Å². The van der Waals surface area contributed by atoms with Gasteiger partial charge in [-0.05, 0) is 25.7 Å². The average molecular weight is 211 g/mol. The van der Waals surface area contributed by atoms with Gasteiger partial charge in [-0.2, -0.15) is 0 Å². The highest BCUT2D eigenvalue weighted by atomic mass is 16.5. The van der Waals surface area contributed by atoms with Crippen LogP contribution in [0, 0.1) is 5.92 Å². The maximum Gasteiger partial charge on any atom is 0.326 e. The van der Waals surface area contributed by atoms with E-state index in [-0.39, 0.29) is 5.97 Å². The first kappa shape index (κ1) is 12.2. The topological polar surface area (TPSA) is 52.3 Å². The van der Waals surface area contributed by atoms with Gasteiger partial charge >= 0.3 is 5.97 Å². The van der Waals surface area contributed by atoms with Gasteiger partial charge in [0.2, 0.25) is 0 Å². The third kappa shape index (κ3) is 4.47. The number of hydrogen-bond acceptors (Lipinski definition) is 3. The van der Waals surface area contributed by atoms with Gasteiger partial charge in [0.25, 0.3) is 0 Å². The van der Waals surface area contributed by atoms with Crippen molar-refractivity contribution in [1.82, 2.24) is 0 Å². The molecule has 0 heterocycles. The Kier molecular flexibility index (Phi) is 5.40. The first-order chi connectivity index (χ1) is 7.24. The number of nitrogens with two attached hydrogens (primary N) is 1. The second-order valence-electron chi connectivity index (χ2n) is 4.06. The fourth-order valence-corrected chi connectivity index (χ4v) is 1.92. The van der Waals surface area contributed by atoms with E-state index < -0.39 is 6.04 Å². The fourth-order valence-electron chi connectivity index (χ4n) is 1.92. The number of allylic oxidation sites excluding steroid dienone is 1. The molecular formula is C12H21NO2. The lowest BCUT2D eigenvalue weighted by atomic mass is 9.89. The molecule has 2 N–H and O–H groups in total. The highest BCUT2D eigenvalue weighted by Gasteiger charge is 2.13. The molecule has 1 unspecified atom stereocenters. The van der Waals surface area contributed by atoms with Gasteiger partial charge in [0.05, 0.1) is 6.61 Å². The number of carbonyl (C=O) groups is 1. The Morgan fingerprint density at radius 3 is 2.73 bits per heavy atom. The zero-order valence-corrected chi connectivity index (χ0v) is 9.45. The lowest BCUT2D eigenvalue weighted by molar-refractivity contribution is -0.143. The van der Waals surface area contributed by atoms with Crippen LogP contribution < -0.4 is 5.73 Å². The molecule has 0 aromatic carbocycles. The second-order valence-corrected chi connectivity index (χ2v) is 4.06. The largest absolute Gasteiger partial charge is 0.465 e. The van der Waals surface area contributed by atoms with Crippen molar-refractivity contribution in [2.45, 2.75) is 45.1 Å². The number of ether oxygens (including phenoxy) is 1. The average Bonchev–Trinajstić information content (AvgIpc) is 2.27. The molecule has 3 nitrogen and oxygen atoms in total. The maximum atomic E-state index is 11.2. The Morgan fingerprint density at radius 2 is 2.13 bits per heavy atom. The molecule has 1 aliphatic carbocycles. The summed E-state index contributed by atoms with van der Waals surface area (Å²) in [5, 5.41) is 0. The van der Waals surface area contributed by atoms with Crippen molar-refractivity contribution in [3.8, 4) is 0 Å². The van der Waals surface area contributed by atoms with E-state index in [1.807, 2.05) is 0 Å². The molecule has 3 heteroatoms. The van der Waals surface area contributed by atoms with E-state index in [2.05, 4.69) is 6.08 Å². The molecule has 86 valence electrons. The Hall–Kier alpha value is -0.830. The molecule has 0 aromatic rings. The Labute approximate surface area is 91.7 Å². The minimum atomic E-state index is -0.591. The van der Waals surface area contributed by atoms with Crippen molar-refractivity contribution in [3.05, 3.63) is 12.2 Å². The first-order valence-corrected chi connectivity index (χ1v) is 5.84. The third-order valence-corrected chi connectivity index (χ3v) is 2.80. The first-order valence-electron chi connectivity index (χ1n) is 5.84. The smallest absolute Gasteiger partial charge is 0.326 e. The van der Waals surface area contributed by atoms with Crippen LogP contribution in [-0.2, 0) is 9.53 Å². The highest BCUT2D eigenvalue weighted by molar-refractivity contribution is 5.77. The minimum Gasteiger partial charge on any atom is -0.465 e. The fraction of sp³-hybridized carbons (Fsp3) is 0.750. The Morgan fingerprint density at radius 1 is 1.47 bits per heavy atom. The molecule has 0 amide bonds. The monoisotopic (exact) mass is 211 g/mol. The van der Waals surface area contributed by atoms with Gasteiger partial charge in [-0.1, -0.05) is 31.4 Å². The van der Waals surface area contributed by atoms with E-state index >= 15 is 0 Å². The summed E-state index contributed by atoms with van der Waals surface area (Å²) in [6, 6.07) is -0.591. The normalized spacial score (nSPS) is 20.4. The SMILES string of the molecule is CCOC(=O)C(N)/C=C/C1CCCCC1. The van der Waals surface area contributed by atoms with Crippen LogP contribution in [0.3, 0.4) is 0 Å². The molecule has 0 radical (unpaired) electrons. The van der Waals surface area contributed by atoms with Crippen LogP contribution in [0.2, 0.25) is 0 Å². The number of carbonyl (C=O) groups excluding carboxylic acids is 1. The molecule has 0 saturated heterocycles. The predicted molar refractivity (Wildman–Crippen MR) is 60.3 cm³/mol. The molecule has 1 rings (SSSR count). The standard InChI is InChI=1S/C12H21NO2/c1-2-15-12(14)11(13)9-8-10-6-4-3-5-7-10/h8-11H,2-7,13H2,1H3/b9-8+. The summed E-state index contributed by atoms with van der Waals surface area (Å²) in [4.78, 5) is 11.2. The molecule has 15 heavy (non-hydrogen) atoms. The van der Waals surface area contributed by atoms with E-state index in [9.17, 15) is 4.79 Å². The van der Waals surface area contributed by atoms with Crippen molar-refractivity contribution in [1.29, 1.82) is 0 Å². The summed E-state index contributed by atoms with van der Waals surface area (Å²) in [5.41, 5.74) is 5.66. The molecule has 1 aliphatic rings. The van der Waals surface area contributed by atoms with E-state index in [4.69, 9.17) is 10.5 Å². The van der Waals surface area contributed by atoms with Gasteiger partial charge < -0.3 is 10.5 Å². The van der Waals surface area contributed by atoms with E-state index in [0.717, 1.165) is 0 Å². The Balaban J connectivity index is 2.31. The molecular weight excluding hydrogens is 190 g/mol. The van der Waals surface area contributed by atoms with Crippen LogP contribution in [0.15, 0.2) is 12.2 Å². The van der Waals surface area contributed by atoms with Gasteiger partial charge in [0.15, 0.2) is 0 Å². The van der Waals surface area contributed by atoms with E-state index in [0.29, 0.717) is 12.5 Å². The van der Waals surface area contributed by atoms with E-state index in [1.54, 1.807) is 13.0 Å². The summed E-state index contributed by atoms with van der Waals surface area (Å²) in [7, 11) is 0. The number of esters is 1. The zero-order chi connectivity index (χ0) is 11.1. The van der Waals surface area contributed by atoms with Crippen LogP contribution in [-0.4, -0.2) is 18.6 Å². The summed E-state index contributed by atoms with van der Waals surface area (Å²) in [5.74, 6) is 0.281. The summed E-state index contributed by atoms with van der Waals surface area (Å²) >= 11 is 0. The van der Waals surface area contributed by atoms with Crippen molar-refractivity contribution in [2.75, 3.05) is 6.61 Å². The Bertz CT molecular complexity index is 220. The van der Waals surface area contributed by atoms with Crippen LogP contribution in [0.4, 0.5) is 0 Å². The third-order valence-electron chi connectivity index (χ3n) is 2.80. The molecule has 1 saturated carbocycles. The van der Waals surface area contributed by atoms with Crippen molar-refractivity contribution < 1.29 is 9.53 Å². The van der Waals surface area contributed by atoms with Crippen molar-refractivity contribution >= 4 is 5.97 Å². The summed E-state index contributed by atoms with van der Waals surface area (Å²) in [6.45, 7) is 2.18. The number of rotatable bonds is 4. The quantitative estimate of drug-likeness (QED) is 0.571. The molecule has 1 atom stereocenters. The lowest BCUT2D eigenvalue weighted by Crippen LogP contribution is -2.30. The van der Waals surface area contributed by atoms with Crippen LogP contribution in [0.25, 0.3) is 0 Å².